The largest absolute Gasteiger partial charge is 0.416 e. The standard InChI is InChI=1S/C20H21F3N4O/c1-19(2)7-9-27(10-8-19)17-14(12-24)18(28)26-16(25-17)11-13-5-3-4-6-15(13)20(21,22)23/h3-6H,7-11H2,1-2H3,(H,25,26,28). The Morgan fingerprint density at radius 1 is 1.25 bits per heavy atom. The van der Waals surface area contributed by atoms with Gasteiger partial charge < -0.3 is 9.88 Å². The number of halogens is 3. The Morgan fingerprint density at radius 3 is 2.50 bits per heavy atom. The van der Waals surface area contributed by atoms with E-state index in [0.29, 0.717) is 13.1 Å². The van der Waals surface area contributed by atoms with Crippen molar-refractivity contribution < 1.29 is 13.2 Å². The lowest BCUT2D eigenvalue weighted by Gasteiger charge is -2.37. The molecule has 8 heteroatoms. The summed E-state index contributed by atoms with van der Waals surface area (Å²) in [6.07, 6.45) is -2.93. The molecule has 1 saturated heterocycles. The SMILES string of the molecule is CC1(C)CCN(c2nc(Cc3ccccc3C(F)(F)F)[nH]c(=O)c2C#N)CC1. The number of benzene rings is 1. The number of alkyl halides is 3. The normalized spacial score (nSPS) is 16.6. The van der Waals surface area contributed by atoms with E-state index < -0.39 is 17.3 Å². The molecule has 0 amide bonds. The van der Waals surface area contributed by atoms with Crippen LogP contribution in [0.1, 0.15) is 49.2 Å². The van der Waals surface area contributed by atoms with Crippen LogP contribution in [0.4, 0.5) is 19.0 Å². The molecular weight excluding hydrogens is 369 g/mol. The Hall–Kier alpha value is -2.82. The first-order valence-electron chi connectivity index (χ1n) is 9.04. The van der Waals surface area contributed by atoms with E-state index in [0.717, 1.165) is 18.9 Å². The van der Waals surface area contributed by atoms with Gasteiger partial charge in [0.15, 0.2) is 11.4 Å². The molecule has 0 saturated carbocycles. The first kappa shape index (κ1) is 19.9. The van der Waals surface area contributed by atoms with Crippen molar-refractivity contribution in [2.75, 3.05) is 18.0 Å². The first-order valence-corrected chi connectivity index (χ1v) is 9.04. The monoisotopic (exact) mass is 390 g/mol. The predicted molar refractivity (Wildman–Crippen MR) is 99.1 cm³/mol. The van der Waals surface area contributed by atoms with Gasteiger partial charge in [0.05, 0.1) is 5.56 Å². The molecule has 1 fully saturated rings. The van der Waals surface area contributed by atoms with Crippen LogP contribution in [0.3, 0.4) is 0 Å². The van der Waals surface area contributed by atoms with E-state index in [1.807, 2.05) is 11.0 Å². The molecule has 0 unspecified atom stereocenters. The number of hydrogen-bond acceptors (Lipinski definition) is 4. The fourth-order valence-electron chi connectivity index (χ4n) is 3.38. The number of nitrogens with one attached hydrogen (secondary N) is 1. The van der Waals surface area contributed by atoms with Crippen molar-refractivity contribution >= 4 is 5.82 Å². The van der Waals surface area contributed by atoms with E-state index in [9.17, 15) is 23.2 Å². The number of anilines is 1. The minimum absolute atomic E-state index is 0.0218. The number of aromatic amines is 1. The molecule has 0 aliphatic carbocycles. The number of nitrogens with zero attached hydrogens (tertiary/aromatic N) is 3. The van der Waals surface area contributed by atoms with Gasteiger partial charge in [0.2, 0.25) is 0 Å². The molecule has 0 bridgehead atoms. The van der Waals surface area contributed by atoms with Crippen LogP contribution >= 0.6 is 0 Å². The summed E-state index contributed by atoms with van der Waals surface area (Å²) in [5.74, 6) is 0.363. The van der Waals surface area contributed by atoms with Crippen molar-refractivity contribution in [1.29, 1.82) is 5.26 Å². The molecule has 0 radical (unpaired) electrons. The van der Waals surface area contributed by atoms with Crippen LogP contribution in [0.5, 0.6) is 0 Å². The molecule has 1 aliphatic heterocycles. The van der Waals surface area contributed by atoms with Crippen LogP contribution in [-0.2, 0) is 12.6 Å². The van der Waals surface area contributed by atoms with Gasteiger partial charge in [0, 0.05) is 19.5 Å². The fourth-order valence-corrected chi connectivity index (χ4v) is 3.38. The number of nitriles is 1. The lowest BCUT2D eigenvalue weighted by molar-refractivity contribution is -0.138. The zero-order chi connectivity index (χ0) is 20.5. The van der Waals surface area contributed by atoms with Crippen LogP contribution in [0.2, 0.25) is 0 Å². The van der Waals surface area contributed by atoms with E-state index >= 15 is 0 Å². The van der Waals surface area contributed by atoms with Crippen LogP contribution in [0.15, 0.2) is 29.1 Å². The Kier molecular flexibility index (Phi) is 5.20. The number of rotatable bonds is 3. The molecule has 148 valence electrons. The van der Waals surface area contributed by atoms with Crippen LogP contribution in [0, 0.1) is 16.7 Å². The van der Waals surface area contributed by atoms with Gasteiger partial charge >= 0.3 is 6.18 Å². The van der Waals surface area contributed by atoms with Crippen LogP contribution < -0.4 is 10.5 Å². The number of aromatic nitrogens is 2. The van der Waals surface area contributed by atoms with Gasteiger partial charge in [0.25, 0.3) is 5.56 Å². The predicted octanol–water partition coefficient (Wildman–Crippen LogP) is 3.88. The lowest BCUT2D eigenvalue weighted by atomic mass is 9.82. The van der Waals surface area contributed by atoms with Gasteiger partial charge in [-0.1, -0.05) is 32.0 Å². The summed E-state index contributed by atoms with van der Waals surface area (Å²) in [5.41, 5.74) is -1.31. The van der Waals surface area contributed by atoms with E-state index in [1.54, 1.807) is 0 Å². The van der Waals surface area contributed by atoms with E-state index in [4.69, 9.17) is 0 Å². The van der Waals surface area contributed by atoms with Gasteiger partial charge in [-0.15, -0.1) is 0 Å². The molecule has 0 atom stereocenters. The van der Waals surface area contributed by atoms with Crippen molar-refractivity contribution in [3.8, 4) is 6.07 Å². The smallest absolute Gasteiger partial charge is 0.355 e. The third-order valence-corrected chi connectivity index (χ3v) is 5.16. The van der Waals surface area contributed by atoms with Gasteiger partial charge in [-0.3, -0.25) is 4.79 Å². The van der Waals surface area contributed by atoms with Gasteiger partial charge in [-0.05, 0) is 29.9 Å². The Labute approximate surface area is 160 Å². The Balaban J connectivity index is 1.98. The maximum absolute atomic E-state index is 13.2. The molecule has 1 N–H and O–H groups in total. The van der Waals surface area contributed by atoms with Crippen molar-refractivity contribution in [1.82, 2.24) is 9.97 Å². The quantitative estimate of drug-likeness (QED) is 0.863. The summed E-state index contributed by atoms with van der Waals surface area (Å²) in [7, 11) is 0. The van der Waals surface area contributed by atoms with Gasteiger partial charge in [-0.2, -0.15) is 18.4 Å². The second-order valence-corrected chi connectivity index (χ2v) is 7.81. The summed E-state index contributed by atoms with van der Waals surface area (Å²) in [6, 6.07) is 7.09. The highest BCUT2D eigenvalue weighted by Gasteiger charge is 2.33. The third-order valence-electron chi connectivity index (χ3n) is 5.16. The maximum atomic E-state index is 13.2. The summed E-state index contributed by atoms with van der Waals surface area (Å²) < 4.78 is 39.7. The van der Waals surface area contributed by atoms with Gasteiger partial charge in [-0.25, -0.2) is 4.98 Å². The molecule has 5 nitrogen and oxygen atoms in total. The van der Waals surface area contributed by atoms with Crippen LogP contribution in [0.25, 0.3) is 0 Å². The summed E-state index contributed by atoms with van der Waals surface area (Å²) >= 11 is 0. The zero-order valence-corrected chi connectivity index (χ0v) is 15.7. The number of hydrogen-bond donors (Lipinski definition) is 1. The van der Waals surface area contributed by atoms with Crippen molar-refractivity contribution in [2.45, 2.75) is 39.3 Å². The summed E-state index contributed by atoms with van der Waals surface area (Å²) in [4.78, 5) is 21.1. The fraction of sp³-hybridized carbons (Fsp3) is 0.450. The highest BCUT2D eigenvalue weighted by atomic mass is 19.4. The van der Waals surface area contributed by atoms with Crippen molar-refractivity contribution in [2.24, 2.45) is 5.41 Å². The minimum atomic E-state index is -4.50. The molecule has 3 rings (SSSR count). The molecule has 1 aromatic heterocycles. The molecule has 28 heavy (non-hydrogen) atoms. The number of H-pyrrole nitrogens is 1. The summed E-state index contributed by atoms with van der Waals surface area (Å²) in [6.45, 7) is 5.58. The molecule has 0 spiro atoms. The van der Waals surface area contributed by atoms with Crippen LogP contribution in [-0.4, -0.2) is 23.1 Å². The molecule has 2 aromatic rings. The highest BCUT2D eigenvalue weighted by molar-refractivity contribution is 5.53. The second kappa shape index (κ2) is 7.30. The molecular formula is C20H21F3N4O. The van der Waals surface area contributed by atoms with Gasteiger partial charge in [0.1, 0.15) is 11.9 Å². The van der Waals surface area contributed by atoms with E-state index in [-0.39, 0.29) is 34.6 Å². The average Bonchev–Trinajstić information content (AvgIpc) is 2.61. The average molecular weight is 390 g/mol. The molecule has 1 aromatic carbocycles. The lowest BCUT2D eigenvalue weighted by Crippen LogP contribution is -2.39. The second-order valence-electron chi connectivity index (χ2n) is 7.81. The highest BCUT2D eigenvalue weighted by Crippen LogP contribution is 2.34. The maximum Gasteiger partial charge on any atom is 0.416 e. The zero-order valence-electron chi connectivity index (χ0n) is 15.7. The number of piperidine rings is 1. The van der Waals surface area contributed by atoms with Crippen molar-refractivity contribution in [3.63, 3.8) is 0 Å². The first-order chi connectivity index (χ1) is 13.1. The van der Waals surface area contributed by atoms with E-state index in [1.165, 1.54) is 18.2 Å². The van der Waals surface area contributed by atoms with E-state index in [2.05, 4.69) is 23.8 Å². The van der Waals surface area contributed by atoms with Crippen molar-refractivity contribution in [3.05, 3.63) is 57.1 Å². The minimum Gasteiger partial charge on any atom is -0.355 e. The summed E-state index contributed by atoms with van der Waals surface area (Å²) in [5, 5.41) is 9.38. The molecule has 1 aliphatic rings. The Morgan fingerprint density at radius 2 is 1.89 bits per heavy atom. The molecule has 2 heterocycles. The topological polar surface area (TPSA) is 72.8 Å². The third kappa shape index (κ3) is 4.19. The Bertz CT molecular complexity index is 963.